The lowest BCUT2D eigenvalue weighted by atomic mass is 9.99. The fraction of sp³-hybridized carbons (Fsp3) is 0.200. The molecule has 8 heteroatoms. The van der Waals surface area contributed by atoms with Gasteiger partial charge < -0.3 is 15.9 Å². The van der Waals surface area contributed by atoms with Gasteiger partial charge in [0, 0.05) is 5.56 Å². The average Bonchev–Trinajstić information content (AvgIpc) is 2.26. The first-order chi connectivity index (χ1) is 8.18. The number of rotatable bonds is 2. The third-order valence-corrected chi connectivity index (χ3v) is 2.19. The molecule has 4 N–H and O–H groups in total. The molecule has 0 heterocycles. The summed E-state index contributed by atoms with van der Waals surface area (Å²) in [6, 6.07) is 0.485. The van der Waals surface area contributed by atoms with Crippen molar-refractivity contribution in [3.05, 3.63) is 28.8 Å². The molecule has 0 amide bonds. The highest BCUT2D eigenvalue weighted by Crippen LogP contribution is 2.36. The zero-order chi connectivity index (χ0) is 14.1. The minimum Gasteiger partial charge on any atom is -0.508 e. The number of carboxylic acid groups (broad SMARTS) is 1. The molecule has 0 unspecified atom stereocenters. The summed E-state index contributed by atoms with van der Waals surface area (Å²) in [5, 5.41) is 26.6. The molecule has 1 rings (SSSR count). The van der Waals surface area contributed by atoms with Crippen LogP contribution in [0.1, 0.15) is 22.7 Å². The van der Waals surface area contributed by atoms with Crippen LogP contribution in [0.2, 0.25) is 0 Å². The summed E-state index contributed by atoms with van der Waals surface area (Å²) in [4.78, 5) is 10.6. The molecule has 96 valence electrons. The average molecular weight is 260 g/mol. The van der Waals surface area contributed by atoms with Gasteiger partial charge in [-0.3, -0.25) is 4.79 Å². The summed E-state index contributed by atoms with van der Waals surface area (Å²) >= 11 is 0. The molecular formula is C10H7F3N2O3. The maximum Gasteiger partial charge on any atom is 0.417 e. The van der Waals surface area contributed by atoms with Crippen LogP contribution in [0.3, 0.4) is 0 Å². The third-order valence-electron chi connectivity index (χ3n) is 2.19. The van der Waals surface area contributed by atoms with Crippen LogP contribution in [0, 0.1) is 11.3 Å². The minimum atomic E-state index is -4.83. The number of alkyl halides is 3. The normalized spacial score (nSPS) is 12.8. The Kier molecular flexibility index (Phi) is 3.48. The van der Waals surface area contributed by atoms with Crippen molar-refractivity contribution in [3.8, 4) is 11.8 Å². The van der Waals surface area contributed by atoms with Crippen molar-refractivity contribution < 1.29 is 28.2 Å². The molecule has 0 aliphatic heterocycles. The van der Waals surface area contributed by atoms with Gasteiger partial charge in [-0.05, 0) is 12.1 Å². The van der Waals surface area contributed by atoms with E-state index in [1.807, 2.05) is 0 Å². The predicted molar refractivity (Wildman–Crippen MR) is 52.4 cm³/mol. The Morgan fingerprint density at radius 2 is 2.00 bits per heavy atom. The second-order valence-electron chi connectivity index (χ2n) is 3.38. The number of phenolic OH excluding ortho intramolecular Hbond substituents is 1. The van der Waals surface area contributed by atoms with Crippen molar-refractivity contribution in [2.75, 3.05) is 0 Å². The Balaban J connectivity index is 3.47. The van der Waals surface area contributed by atoms with E-state index in [2.05, 4.69) is 0 Å². The zero-order valence-corrected chi connectivity index (χ0v) is 8.69. The molecule has 5 nitrogen and oxygen atoms in total. The first kappa shape index (κ1) is 13.8. The molecule has 18 heavy (non-hydrogen) atoms. The molecule has 0 aromatic heterocycles. The van der Waals surface area contributed by atoms with Crippen LogP contribution < -0.4 is 5.73 Å². The van der Waals surface area contributed by atoms with Crippen LogP contribution in [0.25, 0.3) is 0 Å². The molecule has 0 saturated heterocycles. The molecule has 0 aliphatic carbocycles. The van der Waals surface area contributed by atoms with Crippen molar-refractivity contribution in [2.24, 2.45) is 5.73 Å². The number of benzene rings is 1. The van der Waals surface area contributed by atoms with E-state index in [1.165, 1.54) is 6.07 Å². The second kappa shape index (κ2) is 4.54. The summed E-state index contributed by atoms with van der Waals surface area (Å²) in [5.74, 6) is -2.45. The van der Waals surface area contributed by atoms with Gasteiger partial charge in [0.25, 0.3) is 0 Å². The van der Waals surface area contributed by atoms with E-state index in [0.717, 1.165) is 0 Å². The molecule has 1 atom stereocenters. The van der Waals surface area contributed by atoms with E-state index in [1.54, 1.807) is 0 Å². The van der Waals surface area contributed by atoms with E-state index >= 15 is 0 Å². The lowest BCUT2D eigenvalue weighted by molar-refractivity contribution is -0.138. The van der Waals surface area contributed by atoms with E-state index in [4.69, 9.17) is 16.1 Å². The highest BCUT2D eigenvalue weighted by atomic mass is 19.4. The Labute approximate surface area is 98.9 Å². The fourth-order valence-electron chi connectivity index (χ4n) is 1.31. The van der Waals surface area contributed by atoms with Crippen LogP contribution in [0.15, 0.2) is 12.1 Å². The molecular weight excluding hydrogens is 253 g/mol. The fourth-order valence-corrected chi connectivity index (χ4v) is 1.31. The molecule has 1 aromatic rings. The van der Waals surface area contributed by atoms with Gasteiger partial charge in [-0.2, -0.15) is 18.4 Å². The van der Waals surface area contributed by atoms with Gasteiger partial charge in [-0.15, -0.1) is 0 Å². The summed E-state index contributed by atoms with van der Waals surface area (Å²) in [7, 11) is 0. The van der Waals surface area contributed by atoms with Crippen LogP contribution in [-0.2, 0) is 11.0 Å². The lowest BCUT2D eigenvalue weighted by Crippen LogP contribution is -2.21. The first-order valence-electron chi connectivity index (χ1n) is 4.51. The van der Waals surface area contributed by atoms with Gasteiger partial charge >= 0.3 is 12.1 Å². The highest BCUT2D eigenvalue weighted by Gasteiger charge is 2.35. The summed E-state index contributed by atoms with van der Waals surface area (Å²) in [6.07, 6.45) is -4.83. The van der Waals surface area contributed by atoms with Crippen molar-refractivity contribution in [2.45, 2.75) is 12.2 Å². The van der Waals surface area contributed by atoms with E-state index in [9.17, 15) is 23.1 Å². The number of aromatic hydroxyl groups is 1. The summed E-state index contributed by atoms with van der Waals surface area (Å²) < 4.78 is 37.5. The minimum absolute atomic E-state index is 0.288. The van der Waals surface area contributed by atoms with Crippen LogP contribution >= 0.6 is 0 Å². The topological polar surface area (TPSA) is 107 Å². The number of carboxylic acids is 1. The Hall–Kier alpha value is -2.27. The Morgan fingerprint density at radius 1 is 1.44 bits per heavy atom. The van der Waals surface area contributed by atoms with Gasteiger partial charge in [0.15, 0.2) is 0 Å². The van der Waals surface area contributed by atoms with Crippen LogP contribution in [0.5, 0.6) is 5.75 Å². The van der Waals surface area contributed by atoms with E-state index in [0.29, 0.717) is 6.07 Å². The number of phenols is 1. The maximum absolute atomic E-state index is 12.5. The maximum atomic E-state index is 12.5. The summed E-state index contributed by atoms with van der Waals surface area (Å²) in [5.41, 5.74) is 2.58. The monoisotopic (exact) mass is 260 g/mol. The van der Waals surface area contributed by atoms with E-state index in [-0.39, 0.29) is 6.07 Å². The second-order valence-corrected chi connectivity index (χ2v) is 3.38. The van der Waals surface area contributed by atoms with Gasteiger partial charge in [0.1, 0.15) is 11.8 Å². The largest absolute Gasteiger partial charge is 0.508 e. The number of aliphatic carboxylic acids is 1. The summed E-state index contributed by atoms with van der Waals surface area (Å²) in [6.45, 7) is 0. The lowest BCUT2D eigenvalue weighted by Gasteiger charge is -2.14. The quantitative estimate of drug-likeness (QED) is 0.744. The number of hydrogen-bond donors (Lipinski definition) is 3. The Bertz CT molecular complexity index is 534. The highest BCUT2D eigenvalue weighted by molar-refractivity contribution is 5.76. The van der Waals surface area contributed by atoms with Crippen molar-refractivity contribution in [3.63, 3.8) is 0 Å². The smallest absolute Gasteiger partial charge is 0.417 e. The van der Waals surface area contributed by atoms with Gasteiger partial charge in [-0.1, -0.05) is 0 Å². The number of nitrogens with two attached hydrogens (primary N) is 1. The van der Waals surface area contributed by atoms with Gasteiger partial charge in [-0.25, -0.2) is 0 Å². The molecule has 0 bridgehead atoms. The molecule has 0 saturated carbocycles. The third kappa shape index (κ3) is 2.52. The predicted octanol–water partition coefficient (Wildman–Crippen LogP) is 1.37. The number of hydrogen-bond acceptors (Lipinski definition) is 4. The van der Waals surface area contributed by atoms with Gasteiger partial charge in [0.05, 0.1) is 17.2 Å². The van der Waals surface area contributed by atoms with Crippen molar-refractivity contribution in [1.29, 1.82) is 5.26 Å². The zero-order valence-electron chi connectivity index (χ0n) is 8.69. The van der Waals surface area contributed by atoms with Crippen molar-refractivity contribution >= 4 is 5.97 Å². The van der Waals surface area contributed by atoms with Crippen molar-refractivity contribution in [1.82, 2.24) is 0 Å². The number of nitrogens with zero attached hydrogens (tertiary/aromatic N) is 1. The Morgan fingerprint density at radius 3 is 2.39 bits per heavy atom. The SMILES string of the molecule is N#Cc1cc([C@H](N)C(=O)O)c(O)cc1C(F)(F)F. The molecule has 1 aromatic carbocycles. The number of carbonyl (C=O) groups is 1. The van der Waals surface area contributed by atoms with Crippen LogP contribution in [-0.4, -0.2) is 16.2 Å². The van der Waals surface area contributed by atoms with E-state index < -0.39 is 40.6 Å². The molecule has 0 fully saturated rings. The van der Waals surface area contributed by atoms with Gasteiger partial charge in [0.2, 0.25) is 0 Å². The van der Waals surface area contributed by atoms with Crippen LogP contribution in [0.4, 0.5) is 13.2 Å². The first-order valence-corrected chi connectivity index (χ1v) is 4.51. The number of nitriles is 1. The molecule has 0 radical (unpaired) electrons. The standard InChI is InChI=1S/C10H7F3N2O3/c11-10(12,13)6-2-7(16)5(1-4(6)3-14)8(15)9(17)18/h1-2,8,16H,15H2,(H,17,18)/t8-/m0/s1. The molecule has 0 spiro atoms. The molecule has 0 aliphatic rings. The number of halogens is 3.